The first kappa shape index (κ1) is 17.6. The molecule has 4 aromatic rings. The summed E-state index contributed by atoms with van der Waals surface area (Å²) < 4.78 is 8.87. The van der Waals surface area contributed by atoms with Crippen molar-refractivity contribution in [3.8, 4) is 0 Å². The van der Waals surface area contributed by atoms with Crippen molar-refractivity contribution in [2.75, 3.05) is 13.7 Å². The van der Waals surface area contributed by atoms with E-state index in [4.69, 9.17) is 14.7 Å². The van der Waals surface area contributed by atoms with E-state index in [0.717, 1.165) is 23.9 Å². The van der Waals surface area contributed by atoms with Gasteiger partial charge >= 0.3 is 0 Å². The Hall–Kier alpha value is -2.80. The van der Waals surface area contributed by atoms with Crippen LogP contribution in [-0.2, 0) is 11.3 Å². The van der Waals surface area contributed by atoms with Crippen molar-refractivity contribution >= 4 is 33.2 Å². The van der Waals surface area contributed by atoms with Crippen LogP contribution in [0.1, 0.15) is 32.7 Å². The zero-order valence-corrected chi connectivity index (χ0v) is 15.8. The molecule has 0 bridgehead atoms. The highest BCUT2D eigenvalue weighted by molar-refractivity contribution is 6.04. The molecule has 3 aromatic heterocycles. The van der Waals surface area contributed by atoms with Gasteiger partial charge in [0, 0.05) is 26.3 Å². The van der Waals surface area contributed by atoms with Crippen LogP contribution in [0.5, 0.6) is 0 Å². The van der Waals surface area contributed by atoms with E-state index in [0.29, 0.717) is 35.3 Å². The number of rotatable bonds is 6. The van der Waals surface area contributed by atoms with E-state index in [9.17, 15) is 4.79 Å². The van der Waals surface area contributed by atoms with Crippen molar-refractivity contribution in [3.05, 3.63) is 40.9 Å². The second kappa shape index (κ2) is 7.08. The largest absolute Gasteiger partial charge is 0.385 e. The maximum Gasteiger partial charge on any atom is 0.265 e. The van der Waals surface area contributed by atoms with Gasteiger partial charge in [0.1, 0.15) is 17.2 Å². The van der Waals surface area contributed by atoms with E-state index < -0.39 is 0 Å². The van der Waals surface area contributed by atoms with E-state index in [1.165, 1.54) is 0 Å². The van der Waals surface area contributed by atoms with Crippen molar-refractivity contribution < 1.29 is 4.74 Å². The smallest absolute Gasteiger partial charge is 0.265 e. The van der Waals surface area contributed by atoms with Gasteiger partial charge in [0.2, 0.25) is 0 Å². The number of hydrogen-bond donors (Lipinski definition) is 0. The predicted molar refractivity (Wildman–Crippen MR) is 106 cm³/mol. The highest BCUT2D eigenvalue weighted by Crippen LogP contribution is 2.25. The highest BCUT2D eigenvalue weighted by Gasteiger charge is 2.20. The third-order valence-corrected chi connectivity index (χ3v) is 5.07. The summed E-state index contributed by atoms with van der Waals surface area (Å²) in [6.07, 6.45) is 3.30. The van der Waals surface area contributed by atoms with Gasteiger partial charge in [-0.15, -0.1) is 0 Å². The Balaban J connectivity index is 2.07. The number of aromatic nitrogens is 5. The molecular weight excluding hydrogens is 342 g/mol. The van der Waals surface area contributed by atoms with Crippen molar-refractivity contribution in [2.24, 2.45) is 0 Å². The van der Waals surface area contributed by atoms with E-state index in [1.807, 2.05) is 35.8 Å². The predicted octanol–water partition coefficient (Wildman–Crippen LogP) is 3.30. The molecule has 0 spiro atoms. The number of ether oxygens (including phenoxy) is 1. The van der Waals surface area contributed by atoms with Crippen LogP contribution in [0, 0.1) is 0 Å². The third-order valence-electron chi connectivity index (χ3n) is 5.07. The minimum atomic E-state index is -0.0607. The number of para-hydroxylation sites is 2. The SMILES string of the molecule is CC[C@H](C)n1cnc2c(c1=O)c1nc3ccccc3nc1n2CCCOC. The van der Waals surface area contributed by atoms with Gasteiger partial charge in [-0.05, 0) is 31.9 Å². The fourth-order valence-corrected chi connectivity index (χ4v) is 3.41. The molecule has 0 N–H and O–H groups in total. The molecule has 0 aliphatic carbocycles. The molecule has 3 heterocycles. The molecule has 0 radical (unpaired) electrons. The number of hydrogen-bond acceptors (Lipinski definition) is 5. The van der Waals surface area contributed by atoms with Gasteiger partial charge in [-0.25, -0.2) is 15.0 Å². The summed E-state index contributed by atoms with van der Waals surface area (Å²) in [5.41, 5.74) is 3.49. The summed E-state index contributed by atoms with van der Waals surface area (Å²) >= 11 is 0. The average molecular weight is 365 g/mol. The Morgan fingerprint density at radius 1 is 1.15 bits per heavy atom. The van der Waals surface area contributed by atoms with Crippen LogP contribution in [0.2, 0.25) is 0 Å². The van der Waals surface area contributed by atoms with Gasteiger partial charge in [-0.1, -0.05) is 19.1 Å². The first-order chi connectivity index (χ1) is 13.2. The molecule has 0 amide bonds. The molecule has 0 aliphatic rings. The van der Waals surface area contributed by atoms with Crippen molar-refractivity contribution in [3.63, 3.8) is 0 Å². The summed E-state index contributed by atoms with van der Waals surface area (Å²) in [5, 5.41) is 0.545. The lowest BCUT2D eigenvalue weighted by molar-refractivity contribution is 0.191. The zero-order valence-electron chi connectivity index (χ0n) is 15.8. The first-order valence-corrected chi connectivity index (χ1v) is 9.30. The van der Waals surface area contributed by atoms with Gasteiger partial charge in [0.25, 0.3) is 5.56 Å². The van der Waals surface area contributed by atoms with Gasteiger partial charge in [0.15, 0.2) is 11.3 Å². The van der Waals surface area contributed by atoms with Crippen LogP contribution in [0.3, 0.4) is 0 Å². The number of aryl methyl sites for hydroxylation is 1. The second-order valence-corrected chi connectivity index (χ2v) is 6.80. The zero-order chi connectivity index (χ0) is 19.0. The summed E-state index contributed by atoms with van der Waals surface area (Å²) in [5.74, 6) is 0. The molecule has 0 unspecified atom stereocenters. The Bertz CT molecular complexity index is 1180. The van der Waals surface area contributed by atoms with Crippen LogP contribution in [0.25, 0.3) is 33.2 Å². The fraction of sp³-hybridized carbons (Fsp3) is 0.400. The lowest BCUT2D eigenvalue weighted by Crippen LogP contribution is -2.23. The van der Waals surface area contributed by atoms with Crippen LogP contribution in [0.15, 0.2) is 35.4 Å². The summed E-state index contributed by atoms with van der Waals surface area (Å²) in [6.45, 7) is 5.38. The van der Waals surface area contributed by atoms with Crippen LogP contribution >= 0.6 is 0 Å². The minimum Gasteiger partial charge on any atom is -0.385 e. The Labute approximate surface area is 156 Å². The summed E-state index contributed by atoms with van der Waals surface area (Å²) in [7, 11) is 1.68. The fourth-order valence-electron chi connectivity index (χ4n) is 3.41. The lowest BCUT2D eigenvalue weighted by atomic mass is 10.2. The highest BCUT2D eigenvalue weighted by atomic mass is 16.5. The van der Waals surface area contributed by atoms with Crippen LogP contribution in [0.4, 0.5) is 0 Å². The summed E-state index contributed by atoms with van der Waals surface area (Å²) in [6, 6.07) is 7.80. The van der Waals surface area contributed by atoms with Crippen molar-refractivity contribution in [1.82, 2.24) is 24.1 Å². The molecule has 7 heteroatoms. The Kier molecular flexibility index (Phi) is 4.61. The second-order valence-electron chi connectivity index (χ2n) is 6.80. The molecular formula is C20H23N5O2. The van der Waals surface area contributed by atoms with E-state index >= 15 is 0 Å². The molecule has 4 rings (SSSR count). The number of fused-ring (bicyclic) bond motifs is 4. The Morgan fingerprint density at radius 2 is 1.89 bits per heavy atom. The van der Waals surface area contributed by atoms with E-state index in [-0.39, 0.29) is 11.6 Å². The van der Waals surface area contributed by atoms with Gasteiger partial charge in [-0.3, -0.25) is 9.36 Å². The third kappa shape index (κ3) is 2.88. The van der Waals surface area contributed by atoms with Crippen LogP contribution in [-0.4, -0.2) is 37.8 Å². The number of benzene rings is 1. The standard InChI is InChI=1S/C20H23N5O2/c1-4-13(2)25-12-21-18-16(20(25)26)17-19(24(18)10-7-11-27-3)23-15-9-6-5-8-14(15)22-17/h5-6,8-9,12-13H,4,7,10-11H2,1-3H3/t13-/m0/s1. The van der Waals surface area contributed by atoms with Gasteiger partial charge in [-0.2, -0.15) is 0 Å². The first-order valence-electron chi connectivity index (χ1n) is 9.30. The maximum atomic E-state index is 13.2. The topological polar surface area (TPSA) is 74.8 Å². The van der Waals surface area contributed by atoms with Crippen molar-refractivity contribution in [2.45, 2.75) is 39.3 Å². The number of nitrogens with zero attached hydrogens (tertiary/aromatic N) is 5. The minimum absolute atomic E-state index is 0.0607. The molecule has 27 heavy (non-hydrogen) atoms. The van der Waals surface area contributed by atoms with Crippen molar-refractivity contribution in [1.29, 1.82) is 0 Å². The maximum absolute atomic E-state index is 13.2. The molecule has 0 saturated heterocycles. The molecule has 1 aromatic carbocycles. The van der Waals surface area contributed by atoms with Gasteiger partial charge in [0.05, 0.1) is 11.0 Å². The summed E-state index contributed by atoms with van der Waals surface area (Å²) in [4.78, 5) is 27.4. The van der Waals surface area contributed by atoms with E-state index in [1.54, 1.807) is 18.0 Å². The Morgan fingerprint density at radius 3 is 2.59 bits per heavy atom. The van der Waals surface area contributed by atoms with Gasteiger partial charge < -0.3 is 9.30 Å². The lowest BCUT2D eigenvalue weighted by Gasteiger charge is -2.12. The molecule has 0 saturated carbocycles. The monoisotopic (exact) mass is 365 g/mol. The molecule has 0 aliphatic heterocycles. The normalized spacial score (nSPS) is 13.0. The molecule has 7 nitrogen and oxygen atoms in total. The van der Waals surface area contributed by atoms with E-state index in [2.05, 4.69) is 11.9 Å². The molecule has 1 atom stereocenters. The molecule has 140 valence electrons. The number of methoxy groups -OCH3 is 1. The van der Waals surface area contributed by atoms with Crippen LogP contribution < -0.4 is 5.56 Å². The quantitative estimate of drug-likeness (QED) is 0.490. The average Bonchev–Trinajstić information content (AvgIpc) is 2.99. The molecule has 0 fully saturated rings.